The monoisotopic (exact) mass is 199 g/mol. The molecule has 0 unspecified atom stereocenters. The Hall–Kier alpha value is -2.15. The maximum Gasteiger partial charge on any atom is 0.225 e. The predicted octanol–water partition coefficient (Wildman–Crippen LogP) is 1.84. The lowest BCUT2D eigenvalue weighted by molar-refractivity contribution is 0.357. The second-order valence-corrected chi connectivity index (χ2v) is 3.04. The van der Waals surface area contributed by atoms with E-state index in [1.54, 1.807) is 6.92 Å². The second-order valence-electron chi connectivity index (χ2n) is 3.04. The molecule has 0 aliphatic carbocycles. The van der Waals surface area contributed by atoms with Crippen molar-refractivity contribution < 1.29 is 4.74 Å². The summed E-state index contributed by atoms with van der Waals surface area (Å²) in [6.07, 6.45) is 0. The van der Waals surface area contributed by atoms with Crippen LogP contribution >= 0.6 is 0 Å². The molecule has 0 spiro atoms. The van der Waals surface area contributed by atoms with Gasteiger partial charge in [0.1, 0.15) is 11.9 Å². The van der Waals surface area contributed by atoms with Crippen LogP contribution in [0.2, 0.25) is 0 Å². The normalized spacial score (nSPS) is 9.87. The highest BCUT2D eigenvalue weighted by atomic mass is 16.5. The van der Waals surface area contributed by atoms with Crippen LogP contribution in [0, 0.1) is 18.3 Å². The highest BCUT2D eigenvalue weighted by molar-refractivity contribution is 5.83. The van der Waals surface area contributed by atoms with Gasteiger partial charge in [0, 0.05) is 0 Å². The molecule has 0 aliphatic rings. The molecule has 15 heavy (non-hydrogen) atoms. The van der Waals surface area contributed by atoms with Crippen LogP contribution in [0.3, 0.4) is 0 Å². The van der Waals surface area contributed by atoms with E-state index in [-0.39, 0.29) is 6.61 Å². The zero-order valence-corrected chi connectivity index (χ0v) is 8.27. The number of hydrogen-bond acceptors (Lipinski definition) is 4. The number of fused-ring (bicyclic) bond motifs is 1. The molecule has 0 N–H and O–H groups in total. The number of hydrogen-bond donors (Lipinski definition) is 0. The highest BCUT2D eigenvalue weighted by Gasteiger charge is 2.05. The third kappa shape index (κ3) is 1.86. The molecule has 1 aromatic carbocycles. The zero-order chi connectivity index (χ0) is 10.7. The van der Waals surface area contributed by atoms with Gasteiger partial charge in [-0.2, -0.15) is 10.2 Å². The van der Waals surface area contributed by atoms with E-state index in [0.717, 1.165) is 10.9 Å². The van der Waals surface area contributed by atoms with E-state index in [1.807, 2.05) is 30.3 Å². The number of benzene rings is 1. The second kappa shape index (κ2) is 3.93. The summed E-state index contributed by atoms with van der Waals surface area (Å²) in [5, 5.41) is 9.28. The molecule has 2 aromatic rings. The van der Waals surface area contributed by atoms with Crippen molar-refractivity contribution in [2.45, 2.75) is 6.92 Å². The number of ether oxygens (including phenoxy) is 1. The molecule has 1 aromatic heterocycles. The van der Waals surface area contributed by atoms with Crippen molar-refractivity contribution >= 4 is 10.9 Å². The van der Waals surface area contributed by atoms with Crippen molar-refractivity contribution in [3.63, 3.8) is 0 Å². The quantitative estimate of drug-likeness (QED) is 0.740. The number of nitriles is 1. The molecule has 2 rings (SSSR count). The summed E-state index contributed by atoms with van der Waals surface area (Å²) >= 11 is 0. The van der Waals surface area contributed by atoms with Gasteiger partial charge in [0.25, 0.3) is 0 Å². The van der Waals surface area contributed by atoms with Crippen LogP contribution in [0.25, 0.3) is 10.9 Å². The zero-order valence-electron chi connectivity index (χ0n) is 8.27. The summed E-state index contributed by atoms with van der Waals surface area (Å²) in [6.45, 7) is 1.80. The Labute approximate surface area is 87.2 Å². The molecule has 0 saturated heterocycles. The molecule has 0 saturated carbocycles. The Morgan fingerprint density at radius 1 is 1.33 bits per heavy atom. The van der Waals surface area contributed by atoms with Crippen molar-refractivity contribution in [1.82, 2.24) is 9.97 Å². The molecule has 0 atom stereocenters. The number of nitrogens with zero attached hydrogens (tertiary/aromatic N) is 3. The Bertz CT molecular complexity index is 531. The minimum atomic E-state index is 0.000444. The van der Waals surface area contributed by atoms with Crippen molar-refractivity contribution in [3.05, 3.63) is 30.1 Å². The van der Waals surface area contributed by atoms with Crippen molar-refractivity contribution in [3.8, 4) is 11.9 Å². The van der Waals surface area contributed by atoms with Gasteiger partial charge in [-0.1, -0.05) is 12.1 Å². The van der Waals surface area contributed by atoms with Gasteiger partial charge in [-0.15, -0.1) is 0 Å². The van der Waals surface area contributed by atoms with E-state index in [1.165, 1.54) is 0 Å². The van der Waals surface area contributed by atoms with Crippen LogP contribution < -0.4 is 4.74 Å². The number of rotatable bonds is 2. The summed E-state index contributed by atoms with van der Waals surface area (Å²) in [5.74, 6) is 1.11. The minimum Gasteiger partial charge on any atom is -0.462 e. The van der Waals surface area contributed by atoms with E-state index in [9.17, 15) is 0 Å². The average Bonchev–Trinajstić information content (AvgIpc) is 2.25. The summed E-state index contributed by atoms with van der Waals surface area (Å²) in [5.41, 5.74) is 0.831. The first kappa shape index (κ1) is 9.41. The smallest absolute Gasteiger partial charge is 0.225 e. The molecule has 4 heteroatoms. The van der Waals surface area contributed by atoms with E-state index in [4.69, 9.17) is 10.00 Å². The topological polar surface area (TPSA) is 58.8 Å². The van der Waals surface area contributed by atoms with Gasteiger partial charge in [0.15, 0.2) is 6.61 Å². The summed E-state index contributed by atoms with van der Waals surface area (Å²) in [6, 6.07) is 9.48. The van der Waals surface area contributed by atoms with Gasteiger partial charge in [-0.05, 0) is 19.1 Å². The Morgan fingerprint density at radius 2 is 2.13 bits per heavy atom. The molecule has 1 heterocycles. The highest BCUT2D eigenvalue weighted by Crippen LogP contribution is 2.21. The van der Waals surface area contributed by atoms with Gasteiger partial charge >= 0.3 is 0 Å². The fourth-order valence-corrected chi connectivity index (χ4v) is 1.37. The lowest BCUT2D eigenvalue weighted by atomic mass is 10.2. The van der Waals surface area contributed by atoms with Crippen LogP contribution in [0.1, 0.15) is 5.82 Å². The Balaban J connectivity index is 2.56. The molecule has 0 amide bonds. The lowest BCUT2D eigenvalue weighted by Gasteiger charge is -2.05. The Morgan fingerprint density at radius 3 is 2.93 bits per heavy atom. The molecule has 0 bridgehead atoms. The molecule has 4 nitrogen and oxygen atoms in total. The first-order valence-corrected chi connectivity index (χ1v) is 4.54. The molecule has 0 radical (unpaired) electrons. The van der Waals surface area contributed by atoms with Crippen molar-refractivity contribution in [2.75, 3.05) is 6.61 Å². The van der Waals surface area contributed by atoms with Crippen LogP contribution in [0.4, 0.5) is 0 Å². The molecule has 0 aliphatic heterocycles. The van der Waals surface area contributed by atoms with Gasteiger partial charge in [0.05, 0.1) is 10.9 Å². The van der Waals surface area contributed by atoms with Gasteiger partial charge in [0.2, 0.25) is 5.88 Å². The summed E-state index contributed by atoms with van der Waals surface area (Å²) in [7, 11) is 0. The summed E-state index contributed by atoms with van der Waals surface area (Å²) < 4.78 is 5.24. The van der Waals surface area contributed by atoms with Crippen LogP contribution in [0.15, 0.2) is 24.3 Å². The van der Waals surface area contributed by atoms with Crippen LogP contribution in [-0.2, 0) is 0 Å². The van der Waals surface area contributed by atoms with E-state index in [2.05, 4.69) is 9.97 Å². The molecule has 0 fully saturated rings. The first-order valence-electron chi connectivity index (χ1n) is 4.54. The SMILES string of the molecule is Cc1nc(OCC#N)c2ccccc2n1. The standard InChI is InChI=1S/C11H9N3O/c1-8-13-10-5-3-2-4-9(10)11(14-8)15-7-6-12/h2-5H,7H2,1H3. The number of aryl methyl sites for hydroxylation is 1. The van der Waals surface area contributed by atoms with Crippen molar-refractivity contribution in [1.29, 1.82) is 5.26 Å². The maximum absolute atomic E-state index is 8.45. The number of para-hydroxylation sites is 1. The average molecular weight is 199 g/mol. The fourth-order valence-electron chi connectivity index (χ4n) is 1.37. The van der Waals surface area contributed by atoms with E-state index in [0.29, 0.717) is 11.7 Å². The maximum atomic E-state index is 8.45. The fraction of sp³-hybridized carbons (Fsp3) is 0.182. The van der Waals surface area contributed by atoms with Crippen molar-refractivity contribution in [2.24, 2.45) is 0 Å². The first-order chi connectivity index (χ1) is 7.31. The van der Waals surface area contributed by atoms with Crippen LogP contribution in [0.5, 0.6) is 5.88 Å². The van der Waals surface area contributed by atoms with E-state index >= 15 is 0 Å². The lowest BCUT2D eigenvalue weighted by Crippen LogP contribution is -1.99. The van der Waals surface area contributed by atoms with Crippen LogP contribution in [-0.4, -0.2) is 16.6 Å². The van der Waals surface area contributed by atoms with Gasteiger partial charge < -0.3 is 4.74 Å². The predicted molar refractivity (Wildman–Crippen MR) is 55.4 cm³/mol. The molecular weight excluding hydrogens is 190 g/mol. The molecule has 74 valence electrons. The van der Waals surface area contributed by atoms with Gasteiger partial charge in [-0.3, -0.25) is 0 Å². The van der Waals surface area contributed by atoms with E-state index < -0.39 is 0 Å². The molecular formula is C11H9N3O. The summed E-state index contributed by atoms with van der Waals surface area (Å²) in [4.78, 5) is 8.42. The van der Waals surface area contributed by atoms with Gasteiger partial charge in [-0.25, -0.2) is 4.98 Å². The number of aromatic nitrogens is 2. The Kier molecular flexibility index (Phi) is 2.46. The minimum absolute atomic E-state index is 0.000444. The third-order valence-corrected chi connectivity index (χ3v) is 1.95. The third-order valence-electron chi connectivity index (χ3n) is 1.95. The largest absolute Gasteiger partial charge is 0.462 e.